The zero-order valence-electron chi connectivity index (χ0n) is 18.8. The number of nitrogens with zero attached hydrogens (tertiary/aromatic N) is 4. The lowest BCUT2D eigenvalue weighted by molar-refractivity contribution is -0.0177. The molecule has 33 heavy (non-hydrogen) atoms. The topological polar surface area (TPSA) is 84.0 Å². The highest BCUT2D eigenvalue weighted by molar-refractivity contribution is 5.91. The standard InChI is InChI=1S/C24H27F2N5O2/c1-3-20-24(33-23(32)31(20)4-2)7-5-6-14(10-24)8-19-18(26)13-29-22(30-19)17-12-28-21-16(17)9-15(25)11-27-21/h9,11-14,20H,3-8,10H2,1-2H3,(H,27,28)/t14-,20-,24+/m1/s1. The van der Waals surface area contributed by atoms with Crippen LogP contribution in [0.5, 0.6) is 0 Å². The molecule has 5 rings (SSSR count). The van der Waals surface area contributed by atoms with Gasteiger partial charge in [0.1, 0.15) is 17.1 Å². The summed E-state index contributed by atoms with van der Waals surface area (Å²) in [4.78, 5) is 30.0. The van der Waals surface area contributed by atoms with Crippen molar-refractivity contribution in [2.45, 2.75) is 64.0 Å². The number of likely N-dealkylation sites (N-methyl/N-ethyl adjacent to an activating group) is 1. The summed E-state index contributed by atoms with van der Waals surface area (Å²) in [5.74, 6) is -0.465. The van der Waals surface area contributed by atoms with Crippen LogP contribution in [0, 0.1) is 17.6 Å². The van der Waals surface area contributed by atoms with Gasteiger partial charge < -0.3 is 14.6 Å². The molecular formula is C24H27F2N5O2. The predicted octanol–water partition coefficient (Wildman–Crippen LogP) is 5.02. The minimum Gasteiger partial charge on any atom is -0.441 e. The van der Waals surface area contributed by atoms with E-state index >= 15 is 0 Å². The van der Waals surface area contributed by atoms with Crippen LogP contribution in [0.15, 0.2) is 24.7 Å². The molecule has 7 nitrogen and oxygen atoms in total. The van der Waals surface area contributed by atoms with Gasteiger partial charge in [-0.1, -0.05) is 6.92 Å². The fourth-order valence-corrected chi connectivity index (χ4v) is 5.72. The zero-order valence-corrected chi connectivity index (χ0v) is 18.8. The SMILES string of the molecule is CC[C@H]1N(CC)C(=O)O[C@]12CCC[C@H](Cc1nc(-c3c[nH]c4ncc(F)cc34)ncc1F)C2. The summed E-state index contributed by atoms with van der Waals surface area (Å²) < 4.78 is 34.4. The van der Waals surface area contributed by atoms with E-state index in [2.05, 4.69) is 26.9 Å². The Morgan fingerprint density at radius 2 is 2.12 bits per heavy atom. The molecule has 1 amide bonds. The number of carbonyl (C=O) groups is 1. The highest BCUT2D eigenvalue weighted by atomic mass is 19.1. The average molecular weight is 456 g/mol. The zero-order chi connectivity index (χ0) is 23.2. The number of fused-ring (bicyclic) bond motifs is 1. The number of pyridine rings is 1. The van der Waals surface area contributed by atoms with E-state index in [0.717, 1.165) is 31.9 Å². The first-order chi connectivity index (χ1) is 15.9. The fourth-order valence-electron chi connectivity index (χ4n) is 5.72. The Balaban J connectivity index is 1.42. The monoisotopic (exact) mass is 455 g/mol. The molecule has 9 heteroatoms. The smallest absolute Gasteiger partial charge is 0.410 e. The maximum atomic E-state index is 14.7. The van der Waals surface area contributed by atoms with Crippen molar-refractivity contribution in [3.05, 3.63) is 42.0 Å². The van der Waals surface area contributed by atoms with Crippen LogP contribution >= 0.6 is 0 Å². The van der Waals surface area contributed by atoms with Crippen molar-refractivity contribution in [2.75, 3.05) is 6.54 Å². The third-order valence-corrected chi connectivity index (χ3v) is 7.12. The van der Waals surface area contributed by atoms with Crippen LogP contribution in [0.1, 0.15) is 51.6 Å². The Morgan fingerprint density at radius 3 is 2.91 bits per heavy atom. The molecule has 1 saturated heterocycles. The molecule has 1 spiro atoms. The fraction of sp³-hybridized carbons (Fsp3) is 0.500. The Kier molecular flexibility index (Phi) is 5.50. The van der Waals surface area contributed by atoms with Gasteiger partial charge in [0.15, 0.2) is 11.6 Å². The van der Waals surface area contributed by atoms with Crippen LogP contribution in [-0.4, -0.2) is 49.1 Å². The van der Waals surface area contributed by atoms with Crippen LogP contribution in [0.4, 0.5) is 13.6 Å². The number of H-pyrrole nitrogens is 1. The Labute approximate surface area is 190 Å². The van der Waals surface area contributed by atoms with Gasteiger partial charge in [0.05, 0.1) is 24.1 Å². The van der Waals surface area contributed by atoms with Crippen molar-refractivity contribution in [1.82, 2.24) is 24.8 Å². The van der Waals surface area contributed by atoms with Crippen molar-refractivity contribution in [2.24, 2.45) is 5.92 Å². The van der Waals surface area contributed by atoms with Crippen LogP contribution in [-0.2, 0) is 11.2 Å². The van der Waals surface area contributed by atoms with Crippen LogP contribution in [0.2, 0.25) is 0 Å². The van der Waals surface area contributed by atoms with E-state index in [9.17, 15) is 13.6 Å². The van der Waals surface area contributed by atoms with Crippen molar-refractivity contribution >= 4 is 17.1 Å². The molecular weight excluding hydrogens is 428 g/mol. The first-order valence-electron chi connectivity index (χ1n) is 11.6. The van der Waals surface area contributed by atoms with Gasteiger partial charge in [-0.2, -0.15) is 0 Å². The number of aromatic amines is 1. The lowest BCUT2D eigenvalue weighted by atomic mass is 9.72. The molecule has 4 heterocycles. The number of hydrogen-bond donors (Lipinski definition) is 1. The maximum absolute atomic E-state index is 14.7. The van der Waals surface area contributed by atoms with Gasteiger partial charge in [0, 0.05) is 23.7 Å². The Hall–Kier alpha value is -3.10. The molecule has 2 fully saturated rings. The molecule has 1 aliphatic heterocycles. The van der Waals surface area contributed by atoms with Crippen molar-refractivity contribution in [3.8, 4) is 11.4 Å². The van der Waals surface area contributed by atoms with Gasteiger partial charge in [-0.25, -0.2) is 28.5 Å². The predicted molar refractivity (Wildman–Crippen MR) is 118 cm³/mol. The molecule has 1 saturated carbocycles. The van der Waals surface area contributed by atoms with Crippen LogP contribution in [0.3, 0.4) is 0 Å². The minimum absolute atomic E-state index is 0.0391. The number of hydrogen-bond acceptors (Lipinski definition) is 5. The van der Waals surface area contributed by atoms with Gasteiger partial charge in [-0.3, -0.25) is 0 Å². The van der Waals surface area contributed by atoms with E-state index in [-0.39, 0.29) is 18.1 Å². The van der Waals surface area contributed by atoms with E-state index in [1.165, 1.54) is 12.3 Å². The third kappa shape index (κ3) is 3.73. The summed E-state index contributed by atoms with van der Waals surface area (Å²) in [7, 11) is 0. The van der Waals surface area contributed by atoms with Gasteiger partial charge in [0.2, 0.25) is 0 Å². The minimum atomic E-state index is -0.517. The number of aromatic nitrogens is 4. The molecule has 3 aromatic heterocycles. The number of carbonyl (C=O) groups excluding carboxylic acids is 1. The highest BCUT2D eigenvalue weighted by Gasteiger charge is 2.54. The molecule has 174 valence electrons. The van der Waals surface area contributed by atoms with Gasteiger partial charge in [-0.15, -0.1) is 0 Å². The van der Waals surface area contributed by atoms with Gasteiger partial charge >= 0.3 is 6.09 Å². The highest BCUT2D eigenvalue weighted by Crippen LogP contribution is 2.45. The van der Waals surface area contributed by atoms with Gasteiger partial charge in [-0.05, 0) is 57.4 Å². The van der Waals surface area contributed by atoms with E-state index in [1.54, 1.807) is 6.20 Å². The van der Waals surface area contributed by atoms with E-state index < -0.39 is 17.2 Å². The Bertz CT molecular complexity index is 1200. The normalized spacial score (nSPS) is 25.2. The van der Waals surface area contributed by atoms with E-state index in [0.29, 0.717) is 47.5 Å². The first-order valence-corrected chi connectivity index (χ1v) is 11.6. The summed E-state index contributed by atoms with van der Waals surface area (Å²) in [6.07, 6.45) is 8.32. The number of rotatable bonds is 5. The third-order valence-electron chi connectivity index (χ3n) is 7.12. The lowest BCUT2D eigenvalue weighted by Crippen LogP contribution is -2.48. The number of halogens is 2. The van der Waals surface area contributed by atoms with Crippen molar-refractivity contribution in [3.63, 3.8) is 0 Å². The summed E-state index contributed by atoms with van der Waals surface area (Å²) in [6.45, 7) is 4.66. The Morgan fingerprint density at radius 1 is 1.27 bits per heavy atom. The number of ether oxygens (including phenoxy) is 1. The summed E-state index contributed by atoms with van der Waals surface area (Å²) in [5, 5.41) is 0.549. The van der Waals surface area contributed by atoms with Crippen molar-refractivity contribution < 1.29 is 18.3 Å². The summed E-state index contributed by atoms with van der Waals surface area (Å²) in [5.41, 5.74) is 0.902. The molecule has 0 aromatic carbocycles. The molecule has 0 bridgehead atoms. The molecule has 2 aliphatic rings. The maximum Gasteiger partial charge on any atom is 0.410 e. The van der Waals surface area contributed by atoms with Crippen LogP contribution < -0.4 is 0 Å². The molecule has 0 radical (unpaired) electrons. The summed E-state index contributed by atoms with van der Waals surface area (Å²) in [6, 6.07) is 1.40. The molecule has 3 aromatic rings. The van der Waals surface area contributed by atoms with E-state index in [1.807, 2.05) is 11.8 Å². The quantitative estimate of drug-likeness (QED) is 0.584. The number of nitrogens with one attached hydrogen (secondary N) is 1. The second-order valence-electron chi connectivity index (χ2n) is 9.05. The number of amides is 1. The molecule has 1 aliphatic carbocycles. The van der Waals surface area contributed by atoms with Gasteiger partial charge in [0.25, 0.3) is 0 Å². The second kappa shape index (κ2) is 8.35. The molecule has 0 unspecified atom stereocenters. The first kappa shape index (κ1) is 21.7. The molecule has 1 N–H and O–H groups in total. The van der Waals surface area contributed by atoms with E-state index in [4.69, 9.17) is 4.74 Å². The average Bonchev–Trinajstić information content (AvgIpc) is 3.32. The summed E-state index contributed by atoms with van der Waals surface area (Å²) >= 11 is 0. The largest absolute Gasteiger partial charge is 0.441 e. The van der Waals surface area contributed by atoms with Crippen molar-refractivity contribution in [1.29, 1.82) is 0 Å². The molecule has 3 atom stereocenters. The van der Waals surface area contributed by atoms with Crippen LogP contribution in [0.25, 0.3) is 22.4 Å². The second-order valence-corrected chi connectivity index (χ2v) is 9.05. The lowest BCUT2D eigenvalue weighted by Gasteiger charge is -2.40.